The number of rotatable bonds is 1. The van der Waals surface area contributed by atoms with Crippen molar-refractivity contribution in [2.24, 2.45) is 5.41 Å². The zero-order valence-corrected chi connectivity index (χ0v) is 12.4. The highest BCUT2D eigenvalue weighted by Gasteiger charge is 2.33. The fraction of sp³-hybridized carbons (Fsp3) is 0.500. The maximum atomic E-state index is 6.11. The standard InChI is InChI=1S/C14H18BrN3/c1-14(2)6-5-10(8-14)18-12-4-3-9(15)7-11(12)17-13(18)16/h3-4,7,10H,5-6,8H2,1-2H3,(H2,16,17). The number of nitrogen functional groups attached to an aromatic ring is 1. The van der Waals surface area contributed by atoms with Gasteiger partial charge >= 0.3 is 0 Å². The predicted octanol–water partition coefficient (Wildman–Crippen LogP) is 4.13. The van der Waals surface area contributed by atoms with Crippen LogP contribution in [0.25, 0.3) is 11.0 Å². The zero-order chi connectivity index (χ0) is 12.9. The first kappa shape index (κ1) is 12.0. The van der Waals surface area contributed by atoms with E-state index in [1.807, 2.05) is 6.07 Å². The number of halogens is 1. The van der Waals surface area contributed by atoms with Crippen molar-refractivity contribution in [3.8, 4) is 0 Å². The quantitative estimate of drug-likeness (QED) is 0.860. The van der Waals surface area contributed by atoms with Gasteiger partial charge in [-0.1, -0.05) is 29.8 Å². The second-order valence-electron chi connectivity index (χ2n) is 6.03. The molecule has 0 spiro atoms. The highest BCUT2D eigenvalue weighted by Crippen LogP contribution is 2.45. The van der Waals surface area contributed by atoms with E-state index in [-0.39, 0.29) is 0 Å². The van der Waals surface area contributed by atoms with Crippen molar-refractivity contribution in [1.82, 2.24) is 9.55 Å². The molecular weight excluding hydrogens is 290 g/mol. The van der Waals surface area contributed by atoms with Crippen LogP contribution < -0.4 is 5.73 Å². The van der Waals surface area contributed by atoms with Gasteiger partial charge in [0.05, 0.1) is 11.0 Å². The molecule has 0 amide bonds. The molecule has 1 aromatic heterocycles. The van der Waals surface area contributed by atoms with Crippen LogP contribution in [-0.4, -0.2) is 9.55 Å². The molecule has 1 heterocycles. The van der Waals surface area contributed by atoms with Gasteiger partial charge in [0, 0.05) is 10.5 Å². The molecule has 96 valence electrons. The van der Waals surface area contributed by atoms with Crippen molar-refractivity contribution in [2.45, 2.75) is 39.2 Å². The fourth-order valence-electron chi connectivity index (χ4n) is 3.09. The van der Waals surface area contributed by atoms with Crippen LogP contribution >= 0.6 is 15.9 Å². The van der Waals surface area contributed by atoms with Crippen molar-refractivity contribution in [2.75, 3.05) is 5.73 Å². The summed E-state index contributed by atoms with van der Waals surface area (Å²) in [4.78, 5) is 4.48. The Kier molecular flexibility index (Phi) is 2.66. The van der Waals surface area contributed by atoms with Crippen molar-refractivity contribution in [1.29, 1.82) is 0 Å². The third-order valence-electron chi connectivity index (χ3n) is 3.99. The summed E-state index contributed by atoms with van der Waals surface area (Å²) < 4.78 is 3.27. The summed E-state index contributed by atoms with van der Waals surface area (Å²) >= 11 is 3.48. The molecule has 0 radical (unpaired) electrons. The molecule has 1 fully saturated rings. The van der Waals surface area contributed by atoms with Crippen LogP contribution in [0, 0.1) is 5.41 Å². The van der Waals surface area contributed by atoms with Crippen LogP contribution in [-0.2, 0) is 0 Å². The van der Waals surface area contributed by atoms with E-state index >= 15 is 0 Å². The molecule has 0 bridgehead atoms. The Hall–Kier alpha value is -1.03. The first-order valence-corrected chi connectivity index (χ1v) is 7.18. The van der Waals surface area contributed by atoms with Crippen molar-refractivity contribution in [3.05, 3.63) is 22.7 Å². The van der Waals surface area contributed by atoms with E-state index in [2.05, 4.69) is 51.5 Å². The third-order valence-corrected chi connectivity index (χ3v) is 4.48. The van der Waals surface area contributed by atoms with Gasteiger partial charge in [-0.2, -0.15) is 0 Å². The average Bonchev–Trinajstić information content (AvgIpc) is 2.77. The number of imidazole rings is 1. The highest BCUT2D eigenvalue weighted by molar-refractivity contribution is 9.10. The number of nitrogens with two attached hydrogens (primary N) is 1. The van der Waals surface area contributed by atoms with E-state index in [1.165, 1.54) is 19.3 Å². The minimum atomic E-state index is 0.420. The Labute approximate surface area is 116 Å². The van der Waals surface area contributed by atoms with Gasteiger partial charge in [-0.3, -0.25) is 0 Å². The molecule has 3 rings (SSSR count). The number of hydrogen-bond acceptors (Lipinski definition) is 2. The molecule has 1 aliphatic rings. The topological polar surface area (TPSA) is 43.8 Å². The maximum Gasteiger partial charge on any atom is 0.201 e. The first-order valence-electron chi connectivity index (χ1n) is 6.39. The summed E-state index contributed by atoms with van der Waals surface area (Å²) in [5.74, 6) is 0.644. The Balaban J connectivity index is 2.09. The largest absolute Gasteiger partial charge is 0.369 e. The Morgan fingerprint density at radius 3 is 2.89 bits per heavy atom. The summed E-state index contributed by atoms with van der Waals surface area (Å²) in [6.07, 6.45) is 3.63. The van der Waals surface area contributed by atoms with Gasteiger partial charge in [0.1, 0.15) is 0 Å². The zero-order valence-electron chi connectivity index (χ0n) is 10.8. The van der Waals surface area contributed by atoms with Crippen LogP contribution in [0.3, 0.4) is 0 Å². The van der Waals surface area contributed by atoms with E-state index in [0.717, 1.165) is 15.5 Å². The lowest BCUT2D eigenvalue weighted by atomic mass is 9.92. The Morgan fingerprint density at radius 2 is 2.22 bits per heavy atom. The van der Waals surface area contributed by atoms with Crippen molar-refractivity contribution < 1.29 is 0 Å². The van der Waals surface area contributed by atoms with Crippen LogP contribution in [0.1, 0.15) is 39.2 Å². The smallest absolute Gasteiger partial charge is 0.201 e. The Bertz CT molecular complexity index is 600. The van der Waals surface area contributed by atoms with Crippen molar-refractivity contribution in [3.63, 3.8) is 0 Å². The average molecular weight is 308 g/mol. The summed E-state index contributed by atoms with van der Waals surface area (Å²) in [6.45, 7) is 4.66. The molecular formula is C14H18BrN3. The summed E-state index contributed by atoms with van der Waals surface area (Å²) in [5.41, 5.74) is 8.66. The second kappa shape index (κ2) is 3.98. The van der Waals surface area contributed by atoms with Gasteiger partial charge in [-0.05, 0) is 42.9 Å². The molecule has 1 aliphatic carbocycles. The van der Waals surface area contributed by atoms with Crippen LogP contribution in [0.15, 0.2) is 22.7 Å². The number of anilines is 1. The van der Waals surface area contributed by atoms with Gasteiger partial charge in [0.2, 0.25) is 5.95 Å². The normalized spacial score (nSPS) is 22.7. The molecule has 1 saturated carbocycles. The summed E-state index contributed by atoms with van der Waals surface area (Å²) in [6, 6.07) is 6.68. The molecule has 0 saturated heterocycles. The van der Waals surface area contributed by atoms with Gasteiger partial charge in [-0.15, -0.1) is 0 Å². The number of aromatic nitrogens is 2. The van der Waals surface area contributed by atoms with Gasteiger partial charge in [-0.25, -0.2) is 4.98 Å². The first-order chi connectivity index (χ1) is 8.46. The van der Waals surface area contributed by atoms with E-state index in [4.69, 9.17) is 5.73 Å². The molecule has 3 nitrogen and oxygen atoms in total. The number of hydrogen-bond donors (Lipinski definition) is 1. The van der Waals surface area contributed by atoms with Gasteiger partial charge in [0.25, 0.3) is 0 Å². The maximum absolute atomic E-state index is 6.11. The fourth-order valence-corrected chi connectivity index (χ4v) is 3.44. The lowest BCUT2D eigenvalue weighted by Gasteiger charge is -2.19. The molecule has 4 heteroatoms. The molecule has 2 aromatic rings. The molecule has 1 atom stereocenters. The number of fused-ring (bicyclic) bond motifs is 1. The number of nitrogens with zero attached hydrogens (tertiary/aromatic N) is 2. The molecule has 1 unspecified atom stereocenters. The van der Waals surface area contributed by atoms with E-state index < -0.39 is 0 Å². The predicted molar refractivity (Wildman–Crippen MR) is 78.5 cm³/mol. The van der Waals surface area contributed by atoms with Crippen LogP contribution in [0.4, 0.5) is 5.95 Å². The third kappa shape index (κ3) is 1.92. The van der Waals surface area contributed by atoms with Gasteiger partial charge < -0.3 is 10.3 Å². The SMILES string of the molecule is CC1(C)CCC(n2c(N)nc3cc(Br)ccc32)C1. The highest BCUT2D eigenvalue weighted by atomic mass is 79.9. The second-order valence-corrected chi connectivity index (χ2v) is 6.95. The van der Waals surface area contributed by atoms with Crippen molar-refractivity contribution >= 4 is 32.9 Å². The van der Waals surface area contributed by atoms with Crippen LogP contribution in [0.2, 0.25) is 0 Å². The van der Waals surface area contributed by atoms with Crippen LogP contribution in [0.5, 0.6) is 0 Å². The molecule has 2 N–H and O–H groups in total. The Morgan fingerprint density at radius 1 is 1.44 bits per heavy atom. The summed E-state index contributed by atoms with van der Waals surface area (Å²) in [5, 5.41) is 0. The summed E-state index contributed by atoms with van der Waals surface area (Å²) in [7, 11) is 0. The lowest BCUT2D eigenvalue weighted by molar-refractivity contribution is 0.361. The number of benzene rings is 1. The van der Waals surface area contributed by atoms with E-state index in [0.29, 0.717) is 17.4 Å². The lowest BCUT2D eigenvalue weighted by Crippen LogP contribution is -2.11. The van der Waals surface area contributed by atoms with Gasteiger partial charge in [0.15, 0.2) is 0 Å². The monoisotopic (exact) mass is 307 g/mol. The molecule has 18 heavy (non-hydrogen) atoms. The van der Waals surface area contributed by atoms with E-state index in [9.17, 15) is 0 Å². The molecule has 0 aliphatic heterocycles. The minimum absolute atomic E-state index is 0.420. The molecule has 1 aromatic carbocycles. The minimum Gasteiger partial charge on any atom is -0.369 e. The van der Waals surface area contributed by atoms with E-state index in [1.54, 1.807) is 0 Å².